The summed E-state index contributed by atoms with van der Waals surface area (Å²) in [6, 6.07) is 6.40. The van der Waals surface area contributed by atoms with E-state index >= 15 is 0 Å². The van der Waals surface area contributed by atoms with E-state index in [4.69, 9.17) is 9.15 Å². The second kappa shape index (κ2) is 10.1. The van der Waals surface area contributed by atoms with Gasteiger partial charge in [-0.05, 0) is 42.7 Å². The zero-order chi connectivity index (χ0) is 24.1. The molecule has 2 aromatic rings. The van der Waals surface area contributed by atoms with Gasteiger partial charge in [-0.25, -0.2) is 9.59 Å². The number of carbonyl (C=O) groups is 5. The van der Waals surface area contributed by atoms with Crippen LogP contribution in [0.1, 0.15) is 57.1 Å². The lowest BCUT2D eigenvalue weighted by Gasteiger charge is -2.18. The van der Waals surface area contributed by atoms with Gasteiger partial charge >= 0.3 is 11.9 Å². The highest BCUT2D eigenvalue weighted by Crippen LogP contribution is 2.26. The second-order valence-corrected chi connectivity index (χ2v) is 7.89. The van der Waals surface area contributed by atoms with Crippen LogP contribution in [0.5, 0.6) is 0 Å². The summed E-state index contributed by atoms with van der Waals surface area (Å²) in [5, 5.41) is 2.48. The van der Waals surface area contributed by atoms with Gasteiger partial charge in [-0.2, -0.15) is 0 Å². The molecule has 0 radical (unpaired) electrons. The molecule has 0 spiro atoms. The van der Waals surface area contributed by atoms with Crippen molar-refractivity contribution in [3.63, 3.8) is 0 Å². The number of nitrogens with one attached hydrogen (secondary N) is 1. The molecule has 2 heterocycles. The Morgan fingerprint density at radius 2 is 1.82 bits per heavy atom. The lowest BCUT2D eigenvalue weighted by molar-refractivity contribution is -0.145. The summed E-state index contributed by atoms with van der Waals surface area (Å²) in [6.45, 7) is 3.12. The number of nitrogens with zero attached hydrogens (tertiary/aromatic N) is 1. The van der Waals surface area contributed by atoms with Crippen LogP contribution in [0.3, 0.4) is 0 Å². The van der Waals surface area contributed by atoms with Crippen LogP contribution in [0, 0.1) is 5.92 Å². The number of hydrogen-bond acceptors (Lipinski definition) is 8. The lowest BCUT2D eigenvalue weighted by Crippen LogP contribution is -2.44. The van der Waals surface area contributed by atoms with Gasteiger partial charge in [0.15, 0.2) is 6.61 Å². The summed E-state index contributed by atoms with van der Waals surface area (Å²) >= 11 is 0. The van der Waals surface area contributed by atoms with E-state index in [9.17, 15) is 24.0 Å². The van der Waals surface area contributed by atoms with Crippen LogP contribution in [0.2, 0.25) is 0 Å². The van der Waals surface area contributed by atoms with Crippen LogP contribution in [0.25, 0.3) is 0 Å². The number of furan rings is 1. The Balaban J connectivity index is 1.62. The molecule has 0 aliphatic carbocycles. The molecule has 0 bridgehead atoms. The number of benzene rings is 1. The van der Waals surface area contributed by atoms with Gasteiger partial charge in [-0.15, -0.1) is 0 Å². The van der Waals surface area contributed by atoms with Crippen LogP contribution >= 0.6 is 0 Å². The molecule has 0 saturated carbocycles. The van der Waals surface area contributed by atoms with Crippen molar-refractivity contribution in [2.75, 3.05) is 13.7 Å². The third-order valence-corrected chi connectivity index (χ3v) is 4.96. The highest BCUT2D eigenvalue weighted by Gasteiger charge is 2.36. The number of imide groups is 1. The fourth-order valence-electron chi connectivity index (χ4n) is 3.40. The molecule has 0 fully saturated rings. The quantitative estimate of drug-likeness (QED) is 0.447. The van der Waals surface area contributed by atoms with E-state index in [0.717, 1.165) is 4.90 Å². The minimum Gasteiger partial charge on any atom is -0.467 e. The highest BCUT2D eigenvalue weighted by molar-refractivity contribution is 6.21. The molecule has 1 aliphatic rings. The van der Waals surface area contributed by atoms with E-state index in [2.05, 4.69) is 10.1 Å². The van der Waals surface area contributed by atoms with Gasteiger partial charge in [0.05, 0.1) is 36.6 Å². The predicted octanol–water partition coefficient (Wildman–Crippen LogP) is 1.94. The van der Waals surface area contributed by atoms with Crippen molar-refractivity contribution in [1.29, 1.82) is 0 Å². The molecule has 10 nitrogen and oxygen atoms in total. The molecule has 1 aromatic heterocycles. The number of hydrogen-bond donors (Lipinski definition) is 1. The SMILES string of the molecule is COC(=O)C(CC(C)C)NC(=O)COC(=O)c1ccc2c(c1)C(=O)N(Cc1ccco1)C2=O. The van der Waals surface area contributed by atoms with E-state index in [1.807, 2.05) is 13.8 Å². The smallest absolute Gasteiger partial charge is 0.338 e. The van der Waals surface area contributed by atoms with Crippen molar-refractivity contribution >= 4 is 29.7 Å². The Bertz CT molecular complexity index is 1070. The monoisotopic (exact) mass is 456 g/mol. The number of amides is 3. The average molecular weight is 456 g/mol. The number of rotatable bonds is 9. The van der Waals surface area contributed by atoms with Gasteiger partial charge in [-0.1, -0.05) is 13.8 Å². The van der Waals surface area contributed by atoms with Crippen molar-refractivity contribution in [3.8, 4) is 0 Å². The van der Waals surface area contributed by atoms with E-state index in [1.165, 1.54) is 31.6 Å². The molecule has 1 N–H and O–H groups in total. The molecule has 33 heavy (non-hydrogen) atoms. The van der Waals surface area contributed by atoms with Crippen LogP contribution in [0.4, 0.5) is 0 Å². The van der Waals surface area contributed by atoms with Crippen LogP contribution < -0.4 is 5.32 Å². The molecule has 0 saturated heterocycles. The molecule has 1 aliphatic heterocycles. The first kappa shape index (κ1) is 23.7. The van der Waals surface area contributed by atoms with Gasteiger partial charge in [0.2, 0.25) is 0 Å². The van der Waals surface area contributed by atoms with E-state index in [0.29, 0.717) is 12.2 Å². The van der Waals surface area contributed by atoms with Gasteiger partial charge in [0.1, 0.15) is 11.8 Å². The van der Waals surface area contributed by atoms with Crippen molar-refractivity contribution in [2.45, 2.75) is 32.9 Å². The minimum atomic E-state index is -0.857. The Morgan fingerprint density at radius 1 is 1.09 bits per heavy atom. The van der Waals surface area contributed by atoms with E-state index in [1.54, 1.807) is 12.1 Å². The maximum Gasteiger partial charge on any atom is 0.338 e. The fourth-order valence-corrected chi connectivity index (χ4v) is 3.40. The normalized spacial score (nSPS) is 13.6. The van der Waals surface area contributed by atoms with E-state index < -0.39 is 42.3 Å². The van der Waals surface area contributed by atoms with E-state index in [-0.39, 0.29) is 29.2 Å². The Kier molecular flexibility index (Phi) is 7.27. The van der Waals surface area contributed by atoms with Crippen LogP contribution in [-0.2, 0) is 25.6 Å². The van der Waals surface area contributed by atoms with Crippen LogP contribution in [-0.4, -0.2) is 54.3 Å². The second-order valence-electron chi connectivity index (χ2n) is 7.89. The number of esters is 2. The number of carbonyl (C=O) groups excluding carboxylic acids is 5. The van der Waals surface area contributed by atoms with Crippen molar-refractivity contribution < 1.29 is 37.9 Å². The topological polar surface area (TPSA) is 132 Å². The largest absolute Gasteiger partial charge is 0.467 e. The van der Waals surface area contributed by atoms with Gasteiger partial charge < -0.3 is 19.2 Å². The summed E-state index contributed by atoms with van der Waals surface area (Å²) in [5.41, 5.74) is 0.234. The molecule has 3 amide bonds. The molecule has 1 unspecified atom stereocenters. The first-order chi connectivity index (χ1) is 15.7. The van der Waals surface area contributed by atoms with Crippen molar-refractivity contribution in [1.82, 2.24) is 10.2 Å². The van der Waals surface area contributed by atoms with Gasteiger partial charge in [0.25, 0.3) is 17.7 Å². The third-order valence-electron chi connectivity index (χ3n) is 4.96. The zero-order valence-electron chi connectivity index (χ0n) is 18.5. The first-order valence-electron chi connectivity index (χ1n) is 10.3. The van der Waals surface area contributed by atoms with Crippen molar-refractivity contribution in [3.05, 3.63) is 59.0 Å². The molecular weight excluding hydrogens is 432 g/mol. The number of methoxy groups -OCH3 is 1. The fraction of sp³-hybridized carbons (Fsp3) is 0.348. The Hall–Kier alpha value is -3.95. The molecule has 174 valence electrons. The summed E-state index contributed by atoms with van der Waals surface area (Å²) in [7, 11) is 1.22. The molecule has 1 atom stereocenters. The third kappa shape index (κ3) is 5.46. The highest BCUT2D eigenvalue weighted by atomic mass is 16.5. The molecular formula is C23H24N2O8. The van der Waals surface area contributed by atoms with Crippen LogP contribution in [0.15, 0.2) is 41.0 Å². The summed E-state index contributed by atoms with van der Waals surface area (Å²) in [4.78, 5) is 62.6. The first-order valence-corrected chi connectivity index (χ1v) is 10.3. The predicted molar refractivity (Wildman–Crippen MR) is 113 cm³/mol. The maximum absolute atomic E-state index is 12.7. The summed E-state index contributed by atoms with van der Waals surface area (Å²) in [5.74, 6) is -2.61. The van der Waals surface area contributed by atoms with Crippen molar-refractivity contribution in [2.24, 2.45) is 5.92 Å². The molecule has 1 aromatic carbocycles. The minimum absolute atomic E-state index is 0.00856. The molecule has 10 heteroatoms. The lowest BCUT2D eigenvalue weighted by atomic mass is 10.0. The van der Waals surface area contributed by atoms with Gasteiger partial charge in [-0.3, -0.25) is 19.3 Å². The average Bonchev–Trinajstić information content (AvgIpc) is 3.39. The standard InChI is InChI=1S/C23H24N2O8/c1-13(2)9-18(23(30)31-3)24-19(26)12-33-22(29)14-6-7-16-17(10-14)21(28)25(20(16)27)11-15-5-4-8-32-15/h4-8,10,13,18H,9,11-12H2,1-3H3,(H,24,26). The zero-order valence-corrected chi connectivity index (χ0v) is 18.5. The maximum atomic E-state index is 12.7. The Morgan fingerprint density at radius 3 is 2.45 bits per heavy atom. The summed E-state index contributed by atoms with van der Waals surface area (Å²) < 4.78 is 14.9. The number of fused-ring (bicyclic) bond motifs is 1. The number of ether oxygens (including phenoxy) is 2. The van der Waals surface area contributed by atoms with Gasteiger partial charge in [0, 0.05) is 0 Å². The summed E-state index contributed by atoms with van der Waals surface area (Å²) in [6.07, 6.45) is 1.80. The molecule has 3 rings (SSSR count). The Labute approximate surface area is 189 Å².